The summed E-state index contributed by atoms with van der Waals surface area (Å²) >= 11 is 0. The summed E-state index contributed by atoms with van der Waals surface area (Å²) in [5.41, 5.74) is 0.555. The second-order valence-electron chi connectivity index (χ2n) is 10.9. The standard InChI is InChI=1S/C32H44F2O3/c1-4-6-7-8-9-10-24-11-13-25(14-12-24)22-36-28-18-15-26(16-19-28)32(35)37-29-20-17-27(21-23(3)5-2)30(33)31(29)34/h15-20,23-25H,4-14,21-22H2,1-3H3/t23-,24?,25?/m0/s1. The first-order chi connectivity index (χ1) is 17.9. The van der Waals surface area contributed by atoms with Gasteiger partial charge in [0.05, 0.1) is 12.2 Å². The van der Waals surface area contributed by atoms with Crippen LogP contribution >= 0.6 is 0 Å². The maximum atomic E-state index is 14.5. The number of benzene rings is 2. The average Bonchev–Trinajstić information content (AvgIpc) is 2.92. The van der Waals surface area contributed by atoms with Crippen LogP contribution in [-0.4, -0.2) is 12.6 Å². The zero-order chi connectivity index (χ0) is 26.6. The van der Waals surface area contributed by atoms with Crippen LogP contribution in [0.2, 0.25) is 0 Å². The van der Waals surface area contributed by atoms with E-state index in [1.54, 1.807) is 24.3 Å². The Kier molecular flexibility index (Phi) is 11.9. The minimum atomic E-state index is -1.12. The Bertz CT molecular complexity index is 965. The Morgan fingerprint density at radius 1 is 0.892 bits per heavy atom. The minimum Gasteiger partial charge on any atom is -0.493 e. The fraction of sp³-hybridized carbons (Fsp3) is 0.594. The predicted molar refractivity (Wildman–Crippen MR) is 145 cm³/mol. The molecule has 0 amide bonds. The van der Waals surface area contributed by atoms with Gasteiger partial charge in [-0.25, -0.2) is 9.18 Å². The number of rotatable bonds is 14. The largest absolute Gasteiger partial charge is 0.493 e. The van der Waals surface area contributed by atoms with Gasteiger partial charge in [-0.05, 0) is 72.9 Å². The summed E-state index contributed by atoms with van der Waals surface area (Å²) in [6.45, 7) is 6.93. The number of hydrogen-bond donors (Lipinski definition) is 0. The lowest BCUT2D eigenvalue weighted by Gasteiger charge is -2.28. The minimum absolute atomic E-state index is 0.239. The van der Waals surface area contributed by atoms with Crippen LogP contribution in [0.25, 0.3) is 0 Å². The smallest absolute Gasteiger partial charge is 0.343 e. The molecule has 1 saturated carbocycles. The van der Waals surface area contributed by atoms with E-state index in [-0.39, 0.29) is 11.5 Å². The van der Waals surface area contributed by atoms with Crippen LogP contribution in [0.4, 0.5) is 8.78 Å². The number of hydrogen-bond acceptors (Lipinski definition) is 3. The molecular weight excluding hydrogens is 470 g/mol. The van der Waals surface area contributed by atoms with Crippen molar-refractivity contribution in [1.29, 1.82) is 0 Å². The molecule has 0 saturated heterocycles. The molecule has 5 heteroatoms. The molecule has 3 rings (SSSR count). The van der Waals surface area contributed by atoms with Crippen LogP contribution in [-0.2, 0) is 6.42 Å². The van der Waals surface area contributed by atoms with Gasteiger partial charge >= 0.3 is 5.97 Å². The normalized spacial score (nSPS) is 18.4. The van der Waals surface area contributed by atoms with Crippen LogP contribution in [0, 0.1) is 29.4 Å². The second-order valence-corrected chi connectivity index (χ2v) is 10.9. The predicted octanol–water partition coefficient (Wildman–Crippen LogP) is 9.32. The summed E-state index contributed by atoms with van der Waals surface area (Å²) in [5.74, 6) is -0.820. The van der Waals surface area contributed by atoms with E-state index in [4.69, 9.17) is 9.47 Å². The first-order valence-corrected chi connectivity index (χ1v) is 14.3. The molecule has 0 N–H and O–H groups in total. The summed E-state index contributed by atoms with van der Waals surface area (Å²) < 4.78 is 40.1. The van der Waals surface area contributed by atoms with Crippen molar-refractivity contribution in [3.8, 4) is 11.5 Å². The Morgan fingerprint density at radius 3 is 2.24 bits per heavy atom. The maximum absolute atomic E-state index is 14.5. The van der Waals surface area contributed by atoms with Crippen molar-refractivity contribution in [2.24, 2.45) is 17.8 Å². The molecular formula is C32H44F2O3. The van der Waals surface area contributed by atoms with Gasteiger partial charge in [0.1, 0.15) is 5.75 Å². The van der Waals surface area contributed by atoms with E-state index >= 15 is 0 Å². The van der Waals surface area contributed by atoms with Crippen LogP contribution in [0.1, 0.15) is 107 Å². The molecule has 2 aromatic rings. The van der Waals surface area contributed by atoms with Crippen molar-refractivity contribution in [3.05, 3.63) is 59.2 Å². The van der Waals surface area contributed by atoms with Gasteiger partial charge in [0.25, 0.3) is 0 Å². The number of unbranched alkanes of at least 4 members (excludes halogenated alkanes) is 4. The van der Waals surface area contributed by atoms with Crippen molar-refractivity contribution in [1.82, 2.24) is 0 Å². The van der Waals surface area contributed by atoms with E-state index in [2.05, 4.69) is 6.92 Å². The molecule has 3 nitrogen and oxygen atoms in total. The fourth-order valence-electron chi connectivity index (χ4n) is 5.11. The van der Waals surface area contributed by atoms with Crippen LogP contribution in [0.15, 0.2) is 36.4 Å². The molecule has 0 aromatic heterocycles. The van der Waals surface area contributed by atoms with E-state index in [1.807, 2.05) is 13.8 Å². The molecule has 0 radical (unpaired) electrons. The molecule has 0 heterocycles. The van der Waals surface area contributed by atoms with E-state index < -0.39 is 23.4 Å². The number of esters is 1. The van der Waals surface area contributed by atoms with Crippen molar-refractivity contribution in [2.75, 3.05) is 6.61 Å². The van der Waals surface area contributed by atoms with E-state index in [9.17, 15) is 13.6 Å². The van der Waals surface area contributed by atoms with Gasteiger partial charge in [-0.1, -0.05) is 84.6 Å². The Labute approximate surface area is 222 Å². The highest BCUT2D eigenvalue weighted by molar-refractivity contribution is 5.91. The number of ether oxygens (including phenoxy) is 2. The third kappa shape index (κ3) is 9.12. The third-order valence-corrected chi connectivity index (χ3v) is 7.85. The number of carbonyl (C=O) groups excluding carboxylic acids is 1. The molecule has 1 aliphatic carbocycles. The molecule has 0 bridgehead atoms. The van der Waals surface area contributed by atoms with Crippen molar-refractivity contribution < 1.29 is 23.0 Å². The highest BCUT2D eigenvalue weighted by atomic mass is 19.2. The molecule has 2 aromatic carbocycles. The fourth-order valence-corrected chi connectivity index (χ4v) is 5.11. The molecule has 0 aliphatic heterocycles. The van der Waals surface area contributed by atoms with Crippen LogP contribution in [0.5, 0.6) is 11.5 Å². The Balaban J connectivity index is 1.42. The zero-order valence-electron chi connectivity index (χ0n) is 22.9. The molecule has 37 heavy (non-hydrogen) atoms. The van der Waals surface area contributed by atoms with Gasteiger partial charge < -0.3 is 9.47 Å². The van der Waals surface area contributed by atoms with Gasteiger partial charge in [-0.2, -0.15) is 4.39 Å². The van der Waals surface area contributed by atoms with Gasteiger partial charge in [-0.15, -0.1) is 0 Å². The molecule has 0 spiro atoms. The van der Waals surface area contributed by atoms with Gasteiger partial charge in [-0.3, -0.25) is 0 Å². The SMILES string of the molecule is CCCCCCCC1CCC(COc2ccc(C(=O)Oc3ccc(C[C@@H](C)CC)c(F)c3F)cc2)CC1. The summed E-state index contributed by atoms with van der Waals surface area (Å²) in [7, 11) is 0. The Morgan fingerprint density at radius 2 is 1.57 bits per heavy atom. The third-order valence-electron chi connectivity index (χ3n) is 7.85. The lowest BCUT2D eigenvalue weighted by atomic mass is 9.80. The van der Waals surface area contributed by atoms with E-state index in [1.165, 1.54) is 76.3 Å². The highest BCUT2D eigenvalue weighted by Gasteiger charge is 2.22. The second kappa shape index (κ2) is 15.1. The molecule has 1 aliphatic rings. The van der Waals surface area contributed by atoms with Crippen molar-refractivity contribution in [2.45, 2.75) is 97.8 Å². The molecule has 1 atom stereocenters. The van der Waals surface area contributed by atoms with Gasteiger partial charge in [0.2, 0.25) is 5.82 Å². The quantitative estimate of drug-likeness (QED) is 0.143. The first-order valence-electron chi connectivity index (χ1n) is 14.3. The van der Waals surface area contributed by atoms with Crippen molar-refractivity contribution in [3.63, 3.8) is 0 Å². The molecule has 1 fully saturated rings. The zero-order valence-corrected chi connectivity index (χ0v) is 22.9. The summed E-state index contributed by atoms with van der Waals surface area (Å²) in [5, 5.41) is 0. The van der Waals surface area contributed by atoms with Crippen LogP contribution in [0.3, 0.4) is 0 Å². The first kappa shape index (κ1) is 29.1. The molecule has 0 unspecified atom stereocenters. The van der Waals surface area contributed by atoms with Gasteiger partial charge in [0.15, 0.2) is 11.6 Å². The maximum Gasteiger partial charge on any atom is 0.343 e. The van der Waals surface area contributed by atoms with Crippen molar-refractivity contribution >= 4 is 5.97 Å². The summed E-state index contributed by atoms with van der Waals surface area (Å²) in [6, 6.07) is 9.46. The highest BCUT2D eigenvalue weighted by Crippen LogP contribution is 2.33. The van der Waals surface area contributed by atoms with Crippen LogP contribution < -0.4 is 9.47 Å². The molecule has 204 valence electrons. The Hall–Kier alpha value is -2.43. The monoisotopic (exact) mass is 514 g/mol. The lowest BCUT2D eigenvalue weighted by molar-refractivity contribution is 0.0726. The summed E-state index contributed by atoms with van der Waals surface area (Å²) in [6.07, 6.45) is 14.5. The summed E-state index contributed by atoms with van der Waals surface area (Å²) in [4.78, 5) is 12.5. The topological polar surface area (TPSA) is 35.5 Å². The number of carbonyl (C=O) groups is 1. The van der Waals surface area contributed by atoms with E-state index in [0.717, 1.165) is 12.3 Å². The average molecular weight is 515 g/mol. The number of halogens is 2. The van der Waals surface area contributed by atoms with E-state index in [0.29, 0.717) is 30.3 Å². The van der Waals surface area contributed by atoms with Gasteiger partial charge in [0, 0.05) is 0 Å². The lowest BCUT2D eigenvalue weighted by Crippen LogP contribution is -2.20.